The van der Waals surface area contributed by atoms with E-state index in [0.717, 1.165) is 31.4 Å². The lowest BCUT2D eigenvalue weighted by Gasteiger charge is -2.11. The molecule has 2 aromatic rings. The number of nitrogens with zero attached hydrogens (tertiary/aromatic N) is 5. The van der Waals surface area contributed by atoms with Crippen molar-refractivity contribution in [2.24, 2.45) is 12.0 Å². The Bertz CT molecular complexity index is 527. The maximum atomic E-state index is 4.50. The Morgan fingerprint density at radius 2 is 2.10 bits per heavy atom. The van der Waals surface area contributed by atoms with E-state index in [1.54, 1.807) is 6.33 Å². The van der Waals surface area contributed by atoms with Crippen LogP contribution in [-0.2, 0) is 20.1 Å². The number of aromatic nitrogens is 4. The number of aryl methyl sites for hydroxylation is 1. The molecule has 7 heteroatoms. The van der Waals surface area contributed by atoms with Crippen molar-refractivity contribution in [2.75, 3.05) is 13.1 Å². The zero-order chi connectivity index (χ0) is 14.2. The summed E-state index contributed by atoms with van der Waals surface area (Å²) in [4.78, 5) is 4.50. The van der Waals surface area contributed by atoms with Crippen LogP contribution in [-0.4, -0.2) is 38.4 Å². The fraction of sp³-hybridized carbons (Fsp3) is 0.462. The summed E-state index contributed by atoms with van der Waals surface area (Å²) in [6.07, 6.45) is 5.77. The van der Waals surface area contributed by atoms with Crippen molar-refractivity contribution in [3.05, 3.63) is 36.7 Å². The summed E-state index contributed by atoms with van der Waals surface area (Å²) in [5, 5.41) is 14.4. The van der Waals surface area contributed by atoms with Crippen LogP contribution >= 0.6 is 0 Å². The number of hydrogen-bond acceptors (Lipinski definition) is 3. The summed E-state index contributed by atoms with van der Waals surface area (Å²) in [5.74, 6) is 1.63. The largest absolute Gasteiger partial charge is 0.357 e. The van der Waals surface area contributed by atoms with Crippen LogP contribution in [0, 0.1) is 0 Å². The van der Waals surface area contributed by atoms with Crippen LogP contribution in [0.25, 0.3) is 0 Å². The van der Waals surface area contributed by atoms with E-state index in [1.807, 2.05) is 43.1 Å². The maximum Gasteiger partial charge on any atom is 0.191 e. The van der Waals surface area contributed by atoms with Crippen molar-refractivity contribution >= 4 is 5.96 Å². The predicted octanol–water partition coefficient (Wildman–Crippen LogP) is 0.372. The summed E-state index contributed by atoms with van der Waals surface area (Å²) in [6, 6.07) is 4.04. The Hall–Kier alpha value is -2.31. The number of hydrogen-bond donors (Lipinski definition) is 2. The molecule has 20 heavy (non-hydrogen) atoms. The fourth-order valence-electron chi connectivity index (χ4n) is 1.76. The molecule has 0 aliphatic heterocycles. The van der Waals surface area contributed by atoms with Gasteiger partial charge < -0.3 is 19.8 Å². The zero-order valence-corrected chi connectivity index (χ0v) is 12.0. The summed E-state index contributed by atoms with van der Waals surface area (Å²) < 4.78 is 3.99. The van der Waals surface area contributed by atoms with Gasteiger partial charge in [-0.2, -0.15) is 0 Å². The van der Waals surface area contributed by atoms with Crippen molar-refractivity contribution in [1.82, 2.24) is 30.0 Å². The van der Waals surface area contributed by atoms with Crippen LogP contribution in [0.2, 0.25) is 0 Å². The maximum absolute atomic E-state index is 4.50. The van der Waals surface area contributed by atoms with Crippen LogP contribution in [0.5, 0.6) is 0 Å². The molecule has 0 atom stereocenters. The first-order valence-corrected chi connectivity index (χ1v) is 6.75. The van der Waals surface area contributed by atoms with Gasteiger partial charge in [-0.05, 0) is 19.1 Å². The van der Waals surface area contributed by atoms with Crippen molar-refractivity contribution in [3.63, 3.8) is 0 Å². The van der Waals surface area contributed by atoms with Crippen molar-refractivity contribution in [3.8, 4) is 0 Å². The van der Waals surface area contributed by atoms with Crippen molar-refractivity contribution in [2.45, 2.75) is 20.0 Å². The molecule has 0 fully saturated rings. The van der Waals surface area contributed by atoms with E-state index in [1.165, 1.54) is 0 Å². The molecular formula is C13H21N7. The van der Waals surface area contributed by atoms with Gasteiger partial charge in [-0.3, -0.25) is 0 Å². The third kappa shape index (κ3) is 4.11. The smallest absolute Gasteiger partial charge is 0.191 e. The zero-order valence-electron chi connectivity index (χ0n) is 12.0. The van der Waals surface area contributed by atoms with Crippen LogP contribution in [0.1, 0.15) is 12.7 Å². The summed E-state index contributed by atoms with van der Waals surface area (Å²) >= 11 is 0. The Labute approximate surface area is 118 Å². The molecule has 0 spiro atoms. The topological polar surface area (TPSA) is 72.1 Å². The molecule has 0 bridgehead atoms. The first-order chi connectivity index (χ1) is 9.79. The number of guanidine groups is 1. The van der Waals surface area contributed by atoms with Gasteiger partial charge in [-0.15, -0.1) is 10.2 Å². The molecule has 0 aliphatic carbocycles. The summed E-state index contributed by atoms with van der Waals surface area (Å²) in [7, 11) is 1.91. The molecule has 0 saturated carbocycles. The quantitative estimate of drug-likeness (QED) is 0.590. The highest BCUT2D eigenvalue weighted by atomic mass is 15.3. The highest BCUT2D eigenvalue weighted by Crippen LogP contribution is 1.94. The molecule has 7 nitrogen and oxygen atoms in total. The van der Waals surface area contributed by atoms with Gasteiger partial charge in [0.25, 0.3) is 0 Å². The molecule has 0 aromatic carbocycles. The minimum Gasteiger partial charge on any atom is -0.357 e. The molecule has 2 heterocycles. The van der Waals surface area contributed by atoms with Gasteiger partial charge in [0.05, 0.1) is 0 Å². The third-order valence-electron chi connectivity index (χ3n) is 2.86. The van der Waals surface area contributed by atoms with E-state index in [2.05, 4.69) is 30.4 Å². The van der Waals surface area contributed by atoms with Gasteiger partial charge in [-0.1, -0.05) is 0 Å². The highest BCUT2D eigenvalue weighted by Gasteiger charge is 2.01. The molecule has 0 unspecified atom stereocenters. The number of aliphatic imine (C=N–C) groups is 1. The van der Waals surface area contributed by atoms with E-state index >= 15 is 0 Å². The second kappa shape index (κ2) is 7.32. The molecule has 2 N–H and O–H groups in total. The molecule has 0 radical (unpaired) electrons. The van der Waals surface area contributed by atoms with E-state index < -0.39 is 0 Å². The second-order valence-electron chi connectivity index (χ2n) is 4.40. The normalized spacial score (nSPS) is 11.6. The second-order valence-corrected chi connectivity index (χ2v) is 4.40. The van der Waals surface area contributed by atoms with Gasteiger partial charge in [0.1, 0.15) is 12.9 Å². The molecule has 0 amide bonds. The molecule has 108 valence electrons. The first kappa shape index (κ1) is 14.1. The fourth-order valence-corrected chi connectivity index (χ4v) is 1.76. The van der Waals surface area contributed by atoms with Crippen LogP contribution < -0.4 is 10.6 Å². The van der Waals surface area contributed by atoms with E-state index in [9.17, 15) is 0 Å². The number of rotatable bonds is 6. The van der Waals surface area contributed by atoms with E-state index in [0.29, 0.717) is 6.54 Å². The molecule has 0 aliphatic rings. The lowest BCUT2D eigenvalue weighted by Crippen LogP contribution is -2.38. The van der Waals surface area contributed by atoms with Gasteiger partial charge in [-0.25, -0.2) is 4.99 Å². The van der Waals surface area contributed by atoms with Gasteiger partial charge in [0.2, 0.25) is 0 Å². The average Bonchev–Trinajstić information content (AvgIpc) is 3.08. The average molecular weight is 275 g/mol. The summed E-state index contributed by atoms with van der Waals surface area (Å²) in [5.41, 5.74) is 0. The molecule has 0 saturated heterocycles. The minimum absolute atomic E-state index is 0.509. The standard InChI is InChI=1S/C13H21N7/c1-3-14-13(15-6-9-20-7-4-5-8-20)16-10-12-18-17-11-19(12)2/h4-5,7-8,11H,3,6,9-10H2,1-2H3,(H2,14,15,16). The van der Waals surface area contributed by atoms with E-state index in [-0.39, 0.29) is 0 Å². The number of nitrogens with one attached hydrogen (secondary N) is 2. The van der Waals surface area contributed by atoms with E-state index in [4.69, 9.17) is 0 Å². The van der Waals surface area contributed by atoms with Crippen LogP contribution in [0.15, 0.2) is 35.8 Å². The minimum atomic E-state index is 0.509. The van der Waals surface area contributed by atoms with Gasteiger partial charge >= 0.3 is 0 Å². The first-order valence-electron chi connectivity index (χ1n) is 6.75. The Balaban J connectivity index is 1.84. The molecule has 2 rings (SSSR count). The SMILES string of the molecule is CCNC(=NCc1nncn1C)NCCn1cccc1. The van der Waals surface area contributed by atoms with Crippen molar-refractivity contribution < 1.29 is 0 Å². The molecule has 2 aromatic heterocycles. The summed E-state index contributed by atoms with van der Waals surface area (Å²) in [6.45, 7) is 5.11. The Morgan fingerprint density at radius 1 is 1.30 bits per heavy atom. The van der Waals surface area contributed by atoms with Crippen LogP contribution in [0.4, 0.5) is 0 Å². The highest BCUT2D eigenvalue weighted by molar-refractivity contribution is 5.79. The lowest BCUT2D eigenvalue weighted by molar-refractivity contribution is 0.664. The van der Waals surface area contributed by atoms with Gasteiger partial charge in [0, 0.05) is 39.1 Å². The lowest BCUT2D eigenvalue weighted by atomic mass is 10.5. The Kier molecular flexibility index (Phi) is 5.16. The molecular weight excluding hydrogens is 254 g/mol. The van der Waals surface area contributed by atoms with Gasteiger partial charge in [0.15, 0.2) is 11.8 Å². The Morgan fingerprint density at radius 3 is 2.75 bits per heavy atom. The monoisotopic (exact) mass is 275 g/mol. The third-order valence-corrected chi connectivity index (χ3v) is 2.86. The van der Waals surface area contributed by atoms with Crippen molar-refractivity contribution in [1.29, 1.82) is 0 Å². The van der Waals surface area contributed by atoms with Crippen LogP contribution in [0.3, 0.4) is 0 Å². The predicted molar refractivity (Wildman–Crippen MR) is 78.3 cm³/mol.